The van der Waals surface area contributed by atoms with Gasteiger partial charge in [-0.05, 0) is 54.8 Å². The number of carbonyl (C=O) groups is 1. The van der Waals surface area contributed by atoms with Gasteiger partial charge < -0.3 is 9.80 Å². The van der Waals surface area contributed by atoms with Crippen LogP contribution in [0.1, 0.15) is 29.5 Å². The molecular formula is C21H25ClFN3O. The van der Waals surface area contributed by atoms with E-state index in [-0.39, 0.29) is 11.7 Å². The summed E-state index contributed by atoms with van der Waals surface area (Å²) in [5, 5.41) is 0.448. The molecule has 2 aromatic carbocycles. The predicted octanol–water partition coefficient (Wildman–Crippen LogP) is 4.62. The Morgan fingerprint density at radius 2 is 1.96 bits per heavy atom. The molecule has 0 aromatic heterocycles. The molecular weight excluding hydrogens is 365 g/mol. The number of aliphatic imine (C=N–C) groups is 1. The van der Waals surface area contributed by atoms with Crippen LogP contribution < -0.4 is 0 Å². The van der Waals surface area contributed by atoms with Gasteiger partial charge >= 0.3 is 0 Å². The SMILES string of the molecule is CCN(C)/C=N/c1cc(C)c(C(C(=O)N(C)C)c2cccc(F)c2)cc1Cl. The van der Waals surface area contributed by atoms with Crippen molar-refractivity contribution in [3.8, 4) is 0 Å². The molecule has 1 unspecified atom stereocenters. The van der Waals surface area contributed by atoms with E-state index in [1.54, 1.807) is 38.6 Å². The fourth-order valence-corrected chi connectivity index (χ4v) is 2.95. The number of amides is 1. The summed E-state index contributed by atoms with van der Waals surface area (Å²) in [4.78, 5) is 20.7. The summed E-state index contributed by atoms with van der Waals surface area (Å²) in [5.41, 5.74) is 2.84. The molecule has 6 heteroatoms. The van der Waals surface area contributed by atoms with Crippen LogP contribution in [0.5, 0.6) is 0 Å². The average molecular weight is 390 g/mol. The van der Waals surface area contributed by atoms with Crippen LogP contribution in [0, 0.1) is 12.7 Å². The van der Waals surface area contributed by atoms with Crippen LogP contribution in [0.3, 0.4) is 0 Å². The van der Waals surface area contributed by atoms with Crippen LogP contribution in [-0.2, 0) is 4.79 Å². The van der Waals surface area contributed by atoms with Gasteiger partial charge in [-0.15, -0.1) is 0 Å². The van der Waals surface area contributed by atoms with Crippen molar-refractivity contribution in [2.75, 3.05) is 27.7 Å². The van der Waals surface area contributed by atoms with Crippen molar-refractivity contribution in [3.05, 3.63) is 63.9 Å². The molecule has 1 atom stereocenters. The largest absolute Gasteiger partial charge is 0.366 e. The van der Waals surface area contributed by atoms with E-state index in [1.165, 1.54) is 17.0 Å². The van der Waals surface area contributed by atoms with E-state index < -0.39 is 5.92 Å². The molecule has 2 rings (SSSR count). The van der Waals surface area contributed by atoms with Crippen molar-refractivity contribution < 1.29 is 9.18 Å². The number of rotatable bonds is 6. The Hall–Kier alpha value is -2.40. The Bertz CT molecular complexity index is 851. The molecule has 1 amide bonds. The molecule has 144 valence electrons. The van der Waals surface area contributed by atoms with Crippen molar-refractivity contribution in [2.45, 2.75) is 19.8 Å². The summed E-state index contributed by atoms with van der Waals surface area (Å²) in [6.07, 6.45) is 1.72. The van der Waals surface area contributed by atoms with E-state index in [0.29, 0.717) is 16.3 Å². The molecule has 0 N–H and O–H groups in total. The Morgan fingerprint density at radius 1 is 1.26 bits per heavy atom. The Balaban J connectivity index is 2.55. The third-order valence-corrected chi connectivity index (χ3v) is 4.71. The van der Waals surface area contributed by atoms with Crippen molar-refractivity contribution in [1.29, 1.82) is 0 Å². The van der Waals surface area contributed by atoms with Gasteiger partial charge in [0.05, 0.1) is 23.0 Å². The van der Waals surface area contributed by atoms with Gasteiger partial charge in [0.2, 0.25) is 5.91 Å². The number of likely N-dealkylation sites (N-methyl/N-ethyl adjacent to an activating group) is 1. The van der Waals surface area contributed by atoms with Crippen LogP contribution >= 0.6 is 11.6 Å². The van der Waals surface area contributed by atoms with Crippen molar-refractivity contribution >= 4 is 29.5 Å². The van der Waals surface area contributed by atoms with Crippen LogP contribution in [0.2, 0.25) is 5.02 Å². The Kier molecular flexibility index (Phi) is 6.97. The van der Waals surface area contributed by atoms with Gasteiger partial charge in [-0.25, -0.2) is 9.38 Å². The highest BCUT2D eigenvalue weighted by Gasteiger charge is 2.27. The Labute approximate surface area is 165 Å². The maximum atomic E-state index is 13.8. The summed E-state index contributed by atoms with van der Waals surface area (Å²) in [5.74, 6) is -1.15. The van der Waals surface area contributed by atoms with Crippen LogP contribution in [0.15, 0.2) is 41.4 Å². The highest BCUT2D eigenvalue weighted by Crippen LogP contribution is 2.35. The van der Waals surface area contributed by atoms with Gasteiger partial charge in [0.1, 0.15) is 5.82 Å². The summed E-state index contributed by atoms with van der Waals surface area (Å²) in [6, 6.07) is 9.73. The highest BCUT2D eigenvalue weighted by atomic mass is 35.5. The second-order valence-corrected chi connectivity index (χ2v) is 7.11. The molecule has 0 bridgehead atoms. The van der Waals surface area contributed by atoms with E-state index in [0.717, 1.165) is 17.7 Å². The maximum absolute atomic E-state index is 13.8. The quantitative estimate of drug-likeness (QED) is 0.534. The second kappa shape index (κ2) is 9.00. The number of aryl methyl sites for hydroxylation is 1. The zero-order valence-corrected chi connectivity index (χ0v) is 17.1. The molecule has 0 heterocycles. The molecule has 0 aliphatic carbocycles. The average Bonchev–Trinajstić information content (AvgIpc) is 2.62. The normalized spacial score (nSPS) is 12.3. The molecule has 0 saturated heterocycles. The first-order valence-electron chi connectivity index (χ1n) is 8.75. The van der Waals surface area contributed by atoms with Crippen LogP contribution in [-0.4, -0.2) is 49.7 Å². The molecule has 0 saturated carbocycles. The number of carbonyl (C=O) groups excluding carboxylic acids is 1. The first-order valence-corrected chi connectivity index (χ1v) is 9.13. The van der Waals surface area contributed by atoms with E-state index >= 15 is 0 Å². The monoisotopic (exact) mass is 389 g/mol. The van der Waals surface area contributed by atoms with E-state index in [4.69, 9.17) is 11.6 Å². The minimum atomic E-state index is -0.635. The molecule has 0 radical (unpaired) electrons. The van der Waals surface area contributed by atoms with Gasteiger partial charge in [0.25, 0.3) is 0 Å². The van der Waals surface area contributed by atoms with Crippen molar-refractivity contribution in [2.24, 2.45) is 4.99 Å². The Morgan fingerprint density at radius 3 is 2.56 bits per heavy atom. The topological polar surface area (TPSA) is 35.9 Å². The van der Waals surface area contributed by atoms with Gasteiger partial charge in [0, 0.05) is 27.7 Å². The third-order valence-electron chi connectivity index (χ3n) is 4.41. The third kappa shape index (κ3) is 5.07. The van der Waals surface area contributed by atoms with Crippen molar-refractivity contribution in [3.63, 3.8) is 0 Å². The van der Waals surface area contributed by atoms with Crippen LogP contribution in [0.4, 0.5) is 10.1 Å². The molecule has 2 aromatic rings. The maximum Gasteiger partial charge on any atom is 0.234 e. The number of nitrogens with zero attached hydrogens (tertiary/aromatic N) is 3. The summed E-state index contributed by atoms with van der Waals surface area (Å²) >= 11 is 6.44. The highest BCUT2D eigenvalue weighted by molar-refractivity contribution is 6.33. The van der Waals surface area contributed by atoms with Crippen LogP contribution in [0.25, 0.3) is 0 Å². The number of hydrogen-bond acceptors (Lipinski definition) is 2. The molecule has 27 heavy (non-hydrogen) atoms. The lowest BCUT2D eigenvalue weighted by Crippen LogP contribution is -2.29. The lowest BCUT2D eigenvalue weighted by Gasteiger charge is -2.23. The minimum Gasteiger partial charge on any atom is -0.366 e. The van der Waals surface area contributed by atoms with Gasteiger partial charge in [0.15, 0.2) is 0 Å². The zero-order valence-electron chi connectivity index (χ0n) is 16.3. The van der Waals surface area contributed by atoms with Gasteiger partial charge in [-0.3, -0.25) is 4.79 Å². The number of benzene rings is 2. The van der Waals surface area contributed by atoms with E-state index in [1.807, 2.05) is 31.9 Å². The molecule has 0 fully saturated rings. The van der Waals surface area contributed by atoms with E-state index in [2.05, 4.69) is 4.99 Å². The standard InChI is InChI=1S/C21H25ClFN3O/c1-6-26(5)13-24-19-10-14(2)17(12-18(19)22)20(21(27)25(3)4)15-8-7-9-16(23)11-15/h7-13,20H,6H2,1-5H3/b24-13+. The van der Waals surface area contributed by atoms with Gasteiger partial charge in [-0.1, -0.05) is 23.7 Å². The fraction of sp³-hybridized carbons (Fsp3) is 0.333. The lowest BCUT2D eigenvalue weighted by atomic mass is 9.87. The molecule has 0 aliphatic rings. The number of halogens is 2. The summed E-state index contributed by atoms with van der Waals surface area (Å²) in [6.45, 7) is 4.76. The second-order valence-electron chi connectivity index (χ2n) is 6.70. The summed E-state index contributed by atoms with van der Waals surface area (Å²) in [7, 11) is 5.30. The summed E-state index contributed by atoms with van der Waals surface area (Å²) < 4.78 is 13.8. The molecule has 0 aliphatic heterocycles. The first-order chi connectivity index (χ1) is 12.7. The smallest absolute Gasteiger partial charge is 0.234 e. The minimum absolute atomic E-state index is 0.137. The van der Waals surface area contributed by atoms with Crippen molar-refractivity contribution in [1.82, 2.24) is 9.80 Å². The van der Waals surface area contributed by atoms with Gasteiger partial charge in [-0.2, -0.15) is 0 Å². The molecule has 4 nitrogen and oxygen atoms in total. The number of hydrogen-bond donors (Lipinski definition) is 0. The van der Waals surface area contributed by atoms with E-state index in [9.17, 15) is 9.18 Å². The fourth-order valence-electron chi connectivity index (χ4n) is 2.73. The molecule has 0 spiro atoms. The first kappa shape index (κ1) is 20.9. The lowest BCUT2D eigenvalue weighted by molar-refractivity contribution is -0.129. The predicted molar refractivity (Wildman–Crippen MR) is 110 cm³/mol. The zero-order chi connectivity index (χ0) is 20.1.